The Morgan fingerprint density at radius 3 is 3.06 bits per heavy atom. The molecule has 0 radical (unpaired) electrons. The number of aromatic nitrogens is 1. The van der Waals surface area contributed by atoms with E-state index in [1.165, 1.54) is 18.7 Å². The highest BCUT2D eigenvalue weighted by molar-refractivity contribution is 5.14. The van der Waals surface area contributed by atoms with Crippen molar-refractivity contribution < 1.29 is 9.13 Å². The summed E-state index contributed by atoms with van der Waals surface area (Å²) in [7, 11) is 0. The van der Waals surface area contributed by atoms with E-state index in [4.69, 9.17) is 10.5 Å². The molecule has 0 aromatic carbocycles. The van der Waals surface area contributed by atoms with Crippen LogP contribution in [-0.2, 0) is 4.74 Å². The molecular weight excluding hydrogens is 219 g/mol. The quantitative estimate of drug-likeness (QED) is 0.877. The third kappa shape index (κ3) is 3.75. The standard InChI is InChI=1S/C13H19FN2O/c14-11-7-10(8-16-9-11)13(15)5-4-12-3-1-2-6-17-12/h7-9,12-13H,1-6,15H2. The monoisotopic (exact) mass is 238 g/mol. The number of rotatable bonds is 4. The zero-order valence-electron chi connectivity index (χ0n) is 9.94. The van der Waals surface area contributed by atoms with Gasteiger partial charge in [-0.2, -0.15) is 0 Å². The molecule has 17 heavy (non-hydrogen) atoms. The highest BCUT2D eigenvalue weighted by Crippen LogP contribution is 2.22. The minimum absolute atomic E-state index is 0.149. The van der Waals surface area contributed by atoms with Crippen molar-refractivity contribution in [2.24, 2.45) is 5.73 Å². The largest absolute Gasteiger partial charge is 0.378 e. The van der Waals surface area contributed by atoms with Crippen LogP contribution in [-0.4, -0.2) is 17.7 Å². The lowest BCUT2D eigenvalue weighted by atomic mass is 9.99. The number of hydrogen-bond acceptors (Lipinski definition) is 3. The van der Waals surface area contributed by atoms with Gasteiger partial charge >= 0.3 is 0 Å². The van der Waals surface area contributed by atoms with Gasteiger partial charge in [0.15, 0.2) is 0 Å². The molecule has 0 amide bonds. The average molecular weight is 238 g/mol. The van der Waals surface area contributed by atoms with Crippen molar-refractivity contribution in [3.05, 3.63) is 29.8 Å². The van der Waals surface area contributed by atoms with Gasteiger partial charge in [-0.1, -0.05) is 0 Å². The maximum Gasteiger partial charge on any atom is 0.141 e. The van der Waals surface area contributed by atoms with E-state index in [0.29, 0.717) is 6.10 Å². The summed E-state index contributed by atoms with van der Waals surface area (Å²) in [5, 5.41) is 0. The third-order valence-electron chi connectivity index (χ3n) is 3.23. The van der Waals surface area contributed by atoms with E-state index in [-0.39, 0.29) is 11.9 Å². The highest BCUT2D eigenvalue weighted by atomic mass is 19.1. The molecule has 2 unspecified atom stereocenters. The van der Waals surface area contributed by atoms with Crippen LogP contribution in [0.2, 0.25) is 0 Å². The summed E-state index contributed by atoms with van der Waals surface area (Å²) in [5.74, 6) is -0.327. The van der Waals surface area contributed by atoms with Gasteiger partial charge in [0.25, 0.3) is 0 Å². The fraction of sp³-hybridized carbons (Fsp3) is 0.615. The number of pyridine rings is 1. The third-order valence-corrected chi connectivity index (χ3v) is 3.23. The number of nitrogens with zero attached hydrogens (tertiary/aromatic N) is 1. The van der Waals surface area contributed by atoms with Gasteiger partial charge in [0.2, 0.25) is 0 Å². The molecule has 3 nitrogen and oxygen atoms in total. The molecule has 2 heterocycles. The lowest BCUT2D eigenvalue weighted by Gasteiger charge is -2.23. The van der Waals surface area contributed by atoms with Crippen LogP contribution in [0.15, 0.2) is 18.5 Å². The Balaban J connectivity index is 1.82. The lowest BCUT2D eigenvalue weighted by molar-refractivity contribution is 0.00912. The van der Waals surface area contributed by atoms with Gasteiger partial charge in [0.05, 0.1) is 12.3 Å². The van der Waals surface area contributed by atoms with Crippen molar-refractivity contribution in [3.8, 4) is 0 Å². The Bertz CT molecular complexity index is 353. The molecular formula is C13H19FN2O. The van der Waals surface area contributed by atoms with Crippen LogP contribution in [0, 0.1) is 5.82 Å². The highest BCUT2D eigenvalue weighted by Gasteiger charge is 2.16. The molecule has 94 valence electrons. The van der Waals surface area contributed by atoms with E-state index >= 15 is 0 Å². The Labute approximate surface area is 101 Å². The van der Waals surface area contributed by atoms with Crippen molar-refractivity contribution in [2.75, 3.05) is 6.61 Å². The van der Waals surface area contributed by atoms with E-state index in [0.717, 1.165) is 37.9 Å². The SMILES string of the molecule is NC(CCC1CCCCO1)c1cncc(F)c1. The van der Waals surface area contributed by atoms with Crippen LogP contribution in [0.3, 0.4) is 0 Å². The maximum atomic E-state index is 13.0. The van der Waals surface area contributed by atoms with Crippen LogP contribution in [0.5, 0.6) is 0 Å². The van der Waals surface area contributed by atoms with Gasteiger partial charge in [0, 0.05) is 18.8 Å². The first-order valence-electron chi connectivity index (χ1n) is 6.23. The van der Waals surface area contributed by atoms with E-state index < -0.39 is 0 Å². The molecule has 2 rings (SSSR count). The predicted molar refractivity (Wildman–Crippen MR) is 63.9 cm³/mol. The van der Waals surface area contributed by atoms with E-state index in [1.807, 2.05) is 0 Å². The molecule has 2 N–H and O–H groups in total. The second kappa shape index (κ2) is 6.07. The molecule has 2 atom stereocenters. The van der Waals surface area contributed by atoms with Crippen molar-refractivity contribution in [1.82, 2.24) is 4.98 Å². The zero-order chi connectivity index (χ0) is 12.1. The first kappa shape index (κ1) is 12.5. The summed E-state index contributed by atoms with van der Waals surface area (Å²) in [4.78, 5) is 3.81. The molecule has 4 heteroatoms. The molecule has 0 aliphatic carbocycles. The fourth-order valence-corrected chi connectivity index (χ4v) is 2.20. The molecule has 0 bridgehead atoms. The molecule has 1 saturated heterocycles. The second-order valence-corrected chi connectivity index (χ2v) is 4.61. The normalized spacial score (nSPS) is 22.4. The molecule has 1 fully saturated rings. The van der Waals surface area contributed by atoms with E-state index in [2.05, 4.69) is 4.98 Å². The topological polar surface area (TPSA) is 48.1 Å². The van der Waals surface area contributed by atoms with E-state index in [9.17, 15) is 4.39 Å². The van der Waals surface area contributed by atoms with Crippen LogP contribution in [0.4, 0.5) is 4.39 Å². The Kier molecular flexibility index (Phi) is 4.45. The zero-order valence-corrected chi connectivity index (χ0v) is 9.94. The summed E-state index contributed by atoms with van der Waals surface area (Å²) < 4.78 is 18.6. The van der Waals surface area contributed by atoms with Gasteiger partial charge in [-0.25, -0.2) is 4.39 Å². The smallest absolute Gasteiger partial charge is 0.141 e. The van der Waals surface area contributed by atoms with Crippen molar-refractivity contribution in [3.63, 3.8) is 0 Å². The number of halogens is 1. The minimum atomic E-state index is -0.327. The van der Waals surface area contributed by atoms with Crippen LogP contribution in [0.25, 0.3) is 0 Å². The van der Waals surface area contributed by atoms with Crippen molar-refractivity contribution in [2.45, 2.75) is 44.2 Å². The first-order valence-corrected chi connectivity index (χ1v) is 6.23. The molecule has 0 saturated carbocycles. The predicted octanol–water partition coefficient (Wildman–Crippen LogP) is 2.57. The molecule has 1 aromatic heterocycles. The first-order chi connectivity index (χ1) is 8.25. The molecule has 0 spiro atoms. The van der Waals surface area contributed by atoms with Gasteiger partial charge < -0.3 is 10.5 Å². The summed E-state index contributed by atoms with van der Waals surface area (Å²) in [6, 6.07) is 1.31. The molecule has 1 aliphatic rings. The van der Waals surface area contributed by atoms with Gasteiger partial charge in [-0.3, -0.25) is 4.98 Å². The van der Waals surface area contributed by atoms with Crippen LogP contribution in [0.1, 0.15) is 43.7 Å². The fourth-order valence-electron chi connectivity index (χ4n) is 2.20. The Morgan fingerprint density at radius 2 is 2.35 bits per heavy atom. The van der Waals surface area contributed by atoms with Gasteiger partial charge in [-0.15, -0.1) is 0 Å². The van der Waals surface area contributed by atoms with Crippen LogP contribution >= 0.6 is 0 Å². The average Bonchev–Trinajstić information content (AvgIpc) is 2.37. The second-order valence-electron chi connectivity index (χ2n) is 4.61. The summed E-state index contributed by atoms with van der Waals surface area (Å²) in [6.45, 7) is 0.863. The van der Waals surface area contributed by atoms with Gasteiger partial charge in [-0.05, 0) is 43.7 Å². The maximum absolute atomic E-state index is 13.0. The minimum Gasteiger partial charge on any atom is -0.378 e. The van der Waals surface area contributed by atoms with Crippen LogP contribution < -0.4 is 5.73 Å². The Morgan fingerprint density at radius 1 is 1.47 bits per heavy atom. The number of nitrogens with two attached hydrogens (primary N) is 1. The summed E-state index contributed by atoms with van der Waals surface area (Å²) in [6.07, 6.45) is 8.44. The molecule has 1 aliphatic heterocycles. The van der Waals surface area contributed by atoms with E-state index in [1.54, 1.807) is 6.20 Å². The van der Waals surface area contributed by atoms with Gasteiger partial charge in [0.1, 0.15) is 5.82 Å². The van der Waals surface area contributed by atoms with Crippen molar-refractivity contribution in [1.29, 1.82) is 0 Å². The lowest BCUT2D eigenvalue weighted by Crippen LogP contribution is -2.21. The van der Waals surface area contributed by atoms with Crippen molar-refractivity contribution >= 4 is 0 Å². The summed E-state index contributed by atoms with van der Waals surface area (Å²) >= 11 is 0. The Hall–Kier alpha value is -1.00. The summed E-state index contributed by atoms with van der Waals surface area (Å²) in [5.41, 5.74) is 6.78. The molecule has 1 aromatic rings. The number of hydrogen-bond donors (Lipinski definition) is 1. The number of ether oxygens (including phenoxy) is 1.